The van der Waals surface area contributed by atoms with Crippen molar-refractivity contribution < 1.29 is 34.0 Å². The van der Waals surface area contributed by atoms with Gasteiger partial charge in [-0.3, -0.25) is 9.13 Å². The molecule has 3 unspecified atom stereocenters. The van der Waals surface area contributed by atoms with Gasteiger partial charge in [-0.15, -0.1) is 0 Å². The standard InChI is InChI=1S/C16H26N9O7P/c1-4-7(26)33(29,30)32-16(2,3)5-6-9(27)10(28)13(31-6)25-12-8(20-15(25)23-24-19)11(17)21-14(18)22-12/h6-7,9-10,13,26-28H,4-5H2,1-3H3,(H,29,30)(H4,17,18,21,22)/t6-,7?,9-,10-,13?/m1/s1. The summed E-state index contributed by atoms with van der Waals surface area (Å²) in [6.07, 6.45) is -5.59. The molecule has 16 nitrogen and oxygen atoms in total. The molecule has 1 aliphatic rings. The van der Waals surface area contributed by atoms with Gasteiger partial charge in [0.15, 0.2) is 29.1 Å². The predicted octanol–water partition coefficient (Wildman–Crippen LogP) is 0.651. The van der Waals surface area contributed by atoms with E-state index in [1.165, 1.54) is 20.8 Å². The van der Waals surface area contributed by atoms with Crippen molar-refractivity contribution in [1.82, 2.24) is 19.5 Å². The van der Waals surface area contributed by atoms with Crippen LogP contribution >= 0.6 is 7.60 Å². The summed E-state index contributed by atoms with van der Waals surface area (Å²) in [6.45, 7) is 4.47. The van der Waals surface area contributed by atoms with E-state index in [1.807, 2.05) is 0 Å². The summed E-state index contributed by atoms with van der Waals surface area (Å²) < 4.78 is 24.5. The fourth-order valence-corrected chi connectivity index (χ4v) is 4.99. The first-order valence-electron chi connectivity index (χ1n) is 9.90. The van der Waals surface area contributed by atoms with Gasteiger partial charge in [-0.05, 0) is 30.9 Å². The van der Waals surface area contributed by atoms with E-state index in [2.05, 4.69) is 25.0 Å². The molecular formula is C16H26N9O7P. The Morgan fingerprint density at radius 1 is 1.33 bits per heavy atom. The second kappa shape index (κ2) is 9.00. The Hall–Kier alpha value is -2.55. The lowest BCUT2D eigenvalue weighted by Crippen LogP contribution is -2.37. The second-order valence-electron chi connectivity index (χ2n) is 8.16. The molecule has 3 heterocycles. The number of anilines is 2. The third-order valence-electron chi connectivity index (χ3n) is 5.10. The van der Waals surface area contributed by atoms with Gasteiger partial charge in [0, 0.05) is 11.3 Å². The zero-order valence-electron chi connectivity index (χ0n) is 18.0. The molecule has 8 N–H and O–H groups in total. The minimum Gasteiger partial charge on any atom is -0.388 e. The highest BCUT2D eigenvalue weighted by molar-refractivity contribution is 7.53. The quantitative estimate of drug-likeness (QED) is 0.130. The summed E-state index contributed by atoms with van der Waals surface area (Å²) >= 11 is 0. The van der Waals surface area contributed by atoms with Crippen LogP contribution < -0.4 is 11.5 Å². The number of nitrogen functional groups attached to an aromatic ring is 2. The normalized spacial score (nSPS) is 26.2. The molecule has 2 aromatic rings. The molecule has 2 aromatic heterocycles. The number of nitrogens with zero attached hydrogens (tertiary/aromatic N) is 7. The molecular weight excluding hydrogens is 461 g/mol. The minimum atomic E-state index is -4.38. The van der Waals surface area contributed by atoms with E-state index in [0.29, 0.717) is 0 Å². The Kier molecular flexibility index (Phi) is 6.84. The molecule has 33 heavy (non-hydrogen) atoms. The number of aliphatic hydroxyl groups excluding tert-OH is 3. The van der Waals surface area contributed by atoms with Gasteiger partial charge in [0.05, 0.1) is 11.7 Å². The third kappa shape index (κ3) is 4.88. The number of aromatic nitrogens is 4. The summed E-state index contributed by atoms with van der Waals surface area (Å²) in [5.74, 6) is -2.15. The van der Waals surface area contributed by atoms with E-state index >= 15 is 0 Å². The van der Waals surface area contributed by atoms with Gasteiger partial charge < -0.3 is 40.9 Å². The maximum atomic E-state index is 12.3. The maximum absolute atomic E-state index is 12.3. The van der Waals surface area contributed by atoms with Crippen molar-refractivity contribution in [3.05, 3.63) is 10.4 Å². The van der Waals surface area contributed by atoms with Crippen LogP contribution in [-0.2, 0) is 13.8 Å². The SMILES string of the molecule is CCC(O)P(=O)(O)OC(C)(C)C[C@H]1OC(n2c(N=[N+]=[N-])nc3c(N)nc(N)nc32)[C@H](O)[C@@H]1O. The van der Waals surface area contributed by atoms with E-state index in [9.17, 15) is 24.8 Å². The largest absolute Gasteiger partial charge is 0.388 e. The van der Waals surface area contributed by atoms with E-state index in [-0.39, 0.29) is 41.7 Å². The van der Waals surface area contributed by atoms with Crippen LogP contribution in [0.25, 0.3) is 21.6 Å². The van der Waals surface area contributed by atoms with E-state index in [0.717, 1.165) is 4.57 Å². The number of hydrogen-bond acceptors (Lipinski definition) is 12. The summed E-state index contributed by atoms with van der Waals surface area (Å²) in [5.41, 5.74) is 19.1. The van der Waals surface area contributed by atoms with Gasteiger partial charge in [0.25, 0.3) is 0 Å². The van der Waals surface area contributed by atoms with Crippen LogP contribution in [0.5, 0.6) is 0 Å². The van der Waals surface area contributed by atoms with E-state index < -0.39 is 43.6 Å². The second-order valence-corrected chi connectivity index (χ2v) is 10.1. The first-order chi connectivity index (χ1) is 15.3. The Bertz CT molecular complexity index is 1140. The maximum Gasteiger partial charge on any atom is 0.356 e. The zero-order chi connectivity index (χ0) is 24.7. The van der Waals surface area contributed by atoms with Crippen molar-refractivity contribution in [3.8, 4) is 0 Å². The van der Waals surface area contributed by atoms with E-state index in [1.54, 1.807) is 0 Å². The van der Waals surface area contributed by atoms with Crippen LogP contribution in [0.1, 0.15) is 39.8 Å². The van der Waals surface area contributed by atoms with Crippen molar-refractivity contribution in [1.29, 1.82) is 0 Å². The lowest BCUT2D eigenvalue weighted by molar-refractivity contribution is -0.0610. The number of fused-ring (bicyclic) bond motifs is 1. The molecule has 6 atom stereocenters. The fourth-order valence-electron chi connectivity index (χ4n) is 3.62. The summed E-state index contributed by atoms with van der Waals surface area (Å²) in [7, 11) is -4.38. The molecule has 0 saturated carbocycles. The minimum absolute atomic E-state index is 0.000683. The fraction of sp³-hybridized carbons (Fsp3) is 0.688. The molecule has 182 valence electrons. The molecule has 1 aliphatic heterocycles. The summed E-state index contributed by atoms with van der Waals surface area (Å²) in [4.78, 5) is 24.6. The molecule has 0 radical (unpaired) electrons. The van der Waals surface area contributed by atoms with Crippen LogP contribution in [0.15, 0.2) is 5.11 Å². The Morgan fingerprint density at radius 2 is 2.00 bits per heavy atom. The average Bonchev–Trinajstić information content (AvgIpc) is 3.18. The molecule has 0 spiro atoms. The monoisotopic (exact) mass is 487 g/mol. The molecule has 0 amide bonds. The van der Waals surface area contributed by atoms with Gasteiger partial charge in [-0.2, -0.15) is 9.97 Å². The molecule has 1 fully saturated rings. The molecule has 0 aliphatic carbocycles. The van der Waals surface area contributed by atoms with Crippen molar-refractivity contribution in [2.24, 2.45) is 5.11 Å². The lowest BCUT2D eigenvalue weighted by atomic mass is 9.97. The molecule has 1 saturated heterocycles. The first kappa shape index (κ1) is 25.1. The number of aliphatic hydroxyl groups is 3. The molecule has 0 bridgehead atoms. The smallest absolute Gasteiger partial charge is 0.356 e. The number of hydrogen-bond donors (Lipinski definition) is 6. The predicted molar refractivity (Wildman–Crippen MR) is 115 cm³/mol. The Labute approximate surface area is 187 Å². The Balaban J connectivity index is 1.94. The summed E-state index contributed by atoms with van der Waals surface area (Å²) in [6, 6.07) is 0. The van der Waals surface area contributed by atoms with Crippen molar-refractivity contribution in [3.63, 3.8) is 0 Å². The van der Waals surface area contributed by atoms with Crippen molar-refractivity contribution in [2.45, 2.75) is 69.6 Å². The van der Waals surface area contributed by atoms with Crippen molar-refractivity contribution >= 4 is 36.5 Å². The van der Waals surface area contributed by atoms with Gasteiger partial charge >= 0.3 is 7.60 Å². The highest BCUT2D eigenvalue weighted by Gasteiger charge is 2.48. The van der Waals surface area contributed by atoms with E-state index in [4.69, 9.17) is 26.3 Å². The van der Waals surface area contributed by atoms with Crippen LogP contribution in [0.4, 0.5) is 17.7 Å². The van der Waals surface area contributed by atoms with Crippen LogP contribution in [0.3, 0.4) is 0 Å². The average molecular weight is 487 g/mol. The van der Waals surface area contributed by atoms with Crippen LogP contribution in [0.2, 0.25) is 0 Å². The first-order valence-corrected chi connectivity index (χ1v) is 11.5. The van der Waals surface area contributed by atoms with Gasteiger partial charge in [-0.1, -0.05) is 6.92 Å². The zero-order valence-corrected chi connectivity index (χ0v) is 18.9. The lowest BCUT2D eigenvalue weighted by Gasteiger charge is -2.32. The number of nitrogens with two attached hydrogens (primary N) is 2. The van der Waals surface area contributed by atoms with Crippen LogP contribution in [-0.4, -0.2) is 69.5 Å². The van der Waals surface area contributed by atoms with Crippen LogP contribution in [0, 0.1) is 0 Å². The number of rotatable bonds is 8. The van der Waals surface area contributed by atoms with Gasteiger partial charge in [0.1, 0.15) is 12.2 Å². The number of azide groups is 1. The van der Waals surface area contributed by atoms with Gasteiger partial charge in [-0.25, -0.2) is 4.98 Å². The number of ether oxygens (including phenoxy) is 1. The van der Waals surface area contributed by atoms with Gasteiger partial charge in [0.2, 0.25) is 11.9 Å². The molecule has 0 aromatic carbocycles. The molecule has 17 heteroatoms. The summed E-state index contributed by atoms with van der Waals surface area (Å²) in [5, 5.41) is 34.5. The number of imidazole rings is 1. The Morgan fingerprint density at radius 3 is 2.61 bits per heavy atom. The highest BCUT2D eigenvalue weighted by Crippen LogP contribution is 2.52. The third-order valence-corrected chi connectivity index (χ3v) is 6.98. The topological polar surface area (TPSA) is 261 Å². The highest BCUT2D eigenvalue weighted by atomic mass is 31.2. The van der Waals surface area contributed by atoms with Crippen molar-refractivity contribution in [2.75, 3.05) is 11.5 Å². The molecule has 3 rings (SSSR count).